The highest BCUT2D eigenvalue weighted by atomic mass is 14.9. The fourth-order valence-electron chi connectivity index (χ4n) is 3.07. The lowest BCUT2D eigenvalue weighted by molar-refractivity contribution is 0.194. The van der Waals surface area contributed by atoms with Gasteiger partial charge in [0.1, 0.15) is 0 Å². The van der Waals surface area contributed by atoms with Crippen LogP contribution in [-0.4, -0.2) is 18.1 Å². The maximum absolute atomic E-state index is 4.06. The molecule has 1 saturated carbocycles. The van der Waals surface area contributed by atoms with E-state index in [0.717, 1.165) is 5.92 Å². The highest BCUT2D eigenvalue weighted by Gasteiger charge is 2.37. The zero-order valence-electron chi connectivity index (χ0n) is 11.5. The number of benzene rings is 1. The minimum absolute atomic E-state index is 0.685. The summed E-state index contributed by atoms with van der Waals surface area (Å²) in [6.45, 7) is 2.34. The minimum atomic E-state index is 0.685. The second-order valence-corrected chi connectivity index (χ2v) is 5.45. The zero-order chi connectivity index (χ0) is 13.2. The van der Waals surface area contributed by atoms with Gasteiger partial charge in [-0.2, -0.15) is 0 Å². The van der Waals surface area contributed by atoms with Crippen LogP contribution in [0.2, 0.25) is 0 Å². The van der Waals surface area contributed by atoms with Gasteiger partial charge in [-0.05, 0) is 54.1 Å². The topological polar surface area (TPSA) is 24.9 Å². The number of nitrogens with zero attached hydrogens (tertiary/aromatic N) is 1. The Kier molecular flexibility index (Phi) is 3.34. The van der Waals surface area contributed by atoms with Gasteiger partial charge < -0.3 is 5.32 Å². The normalized spacial score (nSPS) is 25.9. The third kappa shape index (κ3) is 2.28. The molecule has 2 nitrogen and oxygen atoms in total. The first-order valence-electron chi connectivity index (χ1n) is 6.97. The van der Waals surface area contributed by atoms with Crippen LogP contribution in [-0.2, 0) is 0 Å². The molecule has 3 rings (SSSR count). The van der Waals surface area contributed by atoms with Gasteiger partial charge in [-0.3, -0.25) is 4.98 Å². The summed E-state index contributed by atoms with van der Waals surface area (Å²) in [4.78, 5) is 4.06. The first kappa shape index (κ1) is 12.4. The first-order valence-corrected chi connectivity index (χ1v) is 6.97. The largest absolute Gasteiger partial charge is 0.317 e. The first-order chi connectivity index (χ1) is 9.29. The molecule has 98 valence electrons. The minimum Gasteiger partial charge on any atom is -0.317 e. The molecule has 1 aromatic carbocycles. The molecule has 0 amide bonds. The van der Waals surface area contributed by atoms with E-state index < -0.39 is 0 Å². The lowest BCUT2D eigenvalue weighted by atomic mass is 9.67. The van der Waals surface area contributed by atoms with Crippen molar-refractivity contribution in [1.29, 1.82) is 0 Å². The van der Waals surface area contributed by atoms with E-state index >= 15 is 0 Å². The number of hydrogen-bond donors (Lipinski definition) is 1. The number of nitrogens with one attached hydrogen (secondary N) is 1. The Balaban J connectivity index is 1.77. The lowest BCUT2D eigenvalue weighted by Gasteiger charge is -2.43. The molecule has 1 N–H and O–H groups in total. The molecular formula is C17H20N2. The monoisotopic (exact) mass is 252 g/mol. The molecule has 0 saturated heterocycles. The second kappa shape index (κ2) is 5.14. The number of hydrogen-bond acceptors (Lipinski definition) is 2. The number of pyridine rings is 1. The predicted molar refractivity (Wildman–Crippen MR) is 79.0 cm³/mol. The third-order valence-corrected chi connectivity index (χ3v) is 4.50. The van der Waals surface area contributed by atoms with Crippen molar-refractivity contribution < 1.29 is 0 Å². The molecule has 1 fully saturated rings. The van der Waals surface area contributed by atoms with Crippen LogP contribution in [0.5, 0.6) is 0 Å². The van der Waals surface area contributed by atoms with E-state index in [1.807, 2.05) is 12.4 Å². The fraction of sp³-hybridized carbons (Fsp3) is 0.353. The van der Waals surface area contributed by atoms with Crippen LogP contribution in [0.1, 0.15) is 24.8 Å². The van der Waals surface area contributed by atoms with Gasteiger partial charge in [0, 0.05) is 18.4 Å². The highest BCUT2D eigenvalue weighted by Crippen LogP contribution is 2.42. The van der Waals surface area contributed by atoms with Crippen molar-refractivity contribution in [2.75, 3.05) is 7.05 Å². The van der Waals surface area contributed by atoms with Gasteiger partial charge in [0.05, 0.1) is 0 Å². The predicted octanol–water partition coefficient (Wildman–Crippen LogP) is 3.46. The zero-order valence-corrected chi connectivity index (χ0v) is 11.5. The molecule has 3 unspecified atom stereocenters. The maximum atomic E-state index is 4.06. The highest BCUT2D eigenvalue weighted by molar-refractivity contribution is 5.63. The Morgan fingerprint density at radius 1 is 1.00 bits per heavy atom. The van der Waals surface area contributed by atoms with Crippen LogP contribution < -0.4 is 5.32 Å². The van der Waals surface area contributed by atoms with Crippen molar-refractivity contribution in [1.82, 2.24) is 10.3 Å². The smallest absolute Gasteiger partial charge is 0.0273 e. The maximum Gasteiger partial charge on any atom is 0.0273 e. The van der Waals surface area contributed by atoms with Crippen molar-refractivity contribution in [2.24, 2.45) is 5.92 Å². The molecule has 0 aliphatic heterocycles. The molecule has 1 aliphatic carbocycles. The second-order valence-electron chi connectivity index (χ2n) is 5.45. The van der Waals surface area contributed by atoms with E-state index in [1.54, 1.807) is 0 Å². The van der Waals surface area contributed by atoms with E-state index in [-0.39, 0.29) is 0 Å². The fourth-order valence-corrected chi connectivity index (χ4v) is 3.07. The summed E-state index contributed by atoms with van der Waals surface area (Å²) < 4.78 is 0. The molecule has 1 heterocycles. The van der Waals surface area contributed by atoms with Gasteiger partial charge in [-0.15, -0.1) is 0 Å². The Labute approximate surface area is 114 Å². The molecule has 0 bridgehead atoms. The molecule has 0 spiro atoms. The van der Waals surface area contributed by atoms with Crippen molar-refractivity contribution >= 4 is 0 Å². The summed E-state index contributed by atoms with van der Waals surface area (Å²) in [7, 11) is 2.06. The van der Waals surface area contributed by atoms with Crippen LogP contribution in [0.15, 0.2) is 48.8 Å². The van der Waals surface area contributed by atoms with Crippen molar-refractivity contribution in [3.05, 3.63) is 54.4 Å². The van der Waals surface area contributed by atoms with Gasteiger partial charge in [0.2, 0.25) is 0 Å². The van der Waals surface area contributed by atoms with Crippen molar-refractivity contribution in [3.8, 4) is 11.1 Å². The van der Waals surface area contributed by atoms with Crippen molar-refractivity contribution in [2.45, 2.75) is 25.3 Å². The summed E-state index contributed by atoms with van der Waals surface area (Å²) >= 11 is 0. The summed E-state index contributed by atoms with van der Waals surface area (Å²) in [5, 5.41) is 3.38. The third-order valence-electron chi connectivity index (χ3n) is 4.50. The van der Waals surface area contributed by atoms with Crippen LogP contribution >= 0.6 is 0 Å². The van der Waals surface area contributed by atoms with Crippen molar-refractivity contribution in [3.63, 3.8) is 0 Å². The van der Waals surface area contributed by atoms with Crippen LogP contribution in [0.25, 0.3) is 11.1 Å². The molecule has 19 heavy (non-hydrogen) atoms. The summed E-state index contributed by atoms with van der Waals surface area (Å²) in [6.07, 6.45) is 4.94. The van der Waals surface area contributed by atoms with Gasteiger partial charge >= 0.3 is 0 Å². The molecule has 1 aliphatic rings. The lowest BCUT2D eigenvalue weighted by Crippen LogP contribution is -2.46. The molecule has 3 atom stereocenters. The molecule has 2 heteroatoms. The van der Waals surface area contributed by atoms with E-state index in [1.165, 1.54) is 23.1 Å². The Morgan fingerprint density at radius 3 is 2.21 bits per heavy atom. The Bertz CT molecular complexity index is 533. The Hall–Kier alpha value is -1.67. The molecular weight excluding hydrogens is 232 g/mol. The average molecular weight is 252 g/mol. The van der Waals surface area contributed by atoms with E-state index in [2.05, 4.69) is 60.7 Å². The molecule has 0 radical (unpaired) electrons. The van der Waals surface area contributed by atoms with E-state index in [4.69, 9.17) is 0 Å². The summed E-state index contributed by atoms with van der Waals surface area (Å²) in [5.41, 5.74) is 3.97. The van der Waals surface area contributed by atoms with Gasteiger partial charge in [0.25, 0.3) is 0 Å². The number of rotatable bonds is 3. The summed E-state index contributed by atoms with van der Waals surface area (Å²) in [5.74, 6) is 1.45. The van der Waals surface area contributed by atoms with E-state index in [0.29, 0.717) is 12.0 Å². The standard InChI is InChI=1S/C17H20N2/c1-12-16(11-17(12)18-2)15-5-3-13(4-6-15)14-7-9-19-10-8-14/h3-10,12,16-18H,11H2,1-2H3. The molecule has 1 aromatic heterocycles. The SMILES string of the molecule is CNC1CC(c2ccc(-c3ccncc3)cc2)C1C. The van der Waals surface area contributed by atoms with Gasteiger partial charge in [-0.1, -0.05) is 31.2 Å². The van der Waals surface area contributed by atoms with Crippen LogP contribution in [0, 0.1) is 5.92 Å². The van der Waals surface area contributed by atoms with Crippen LogP contribution in [0.4, 0.5) is 0 Å². The average Bonchev–Trinajstić information content (AvgIpc) is 2.48. The van der Waals surface area contributed by atoms with Gasteiger partial charge in [-0.25, -0.2) is 0 Å². The molecule has 2 aromatic rings. The van der Waals surface area contributed by atoms with Crippen LogP contribution in [0.3, 0.4) is 0 Å². The van der Waals surface area contributed by atoms with E-state index in [9.17, 15) is 0 Å². The quantitative estimate of drug-likeness (QED) is 0.905. The van der Waals surface area contributed by atoms with Gasteiger partial charge in [0.15, 0.2) is 0 Å². The number of aromatic nitrogens is 1. The Morgan fingerprint density at radius 2 is 1.63 bits per heavy atom. The summed E-state index contributed by atoms with van der Waals surface area (Å²) in [6, 6.07) is 13.8.